The number of piperidine rings is 1. The number of hydrogen-bond donors (Lipinski definition) is 1. The van der Waals surface area contributed by atoms with Gasteiger partial charge in [-0.25, -0.2) is 4.79 Å². The summed E-state index contributed by atoms with van der Waals surface area (Å²) in [5.41, 5.74) is 2.18. The number of carbonyl (C=O) groups excluding carboxylic acids is 3. The third kappa shape index (κ3) is 4.80. The molecule has 3 rings (SSSR count). The van der Waals surface area contributed by atoms with Gasteiger partial charge in [-0.05, 0) is 45.1 Å². The molecule has 1 aromatic heterocycles. The molecule has 0 saturated carbocycles. The van der Waals surface area contributed by atoms with Crippen molar-refractivity contribution < 1.29 is 23.9 Å². The van der Waals surface area contributed by atoms with E-state index in [0.29, 0.717) is 80.9 Å². The number of amides is 2. The molecule has 0 atom stereocenters. The van der Waals surface area contributed by atoms with Crippen LogP contribution in [0.5, 0.6) is 0 Å². The van der Waals surface area contributed by atoms with Crippen LogP contribution >= 0.6 is 0 Å². The second-order valence-corrected chi connectivity index (χ2v) is 7.78. The van der Waals surface area contributed by atoms with Gasteiger partial charge in [-0.3, -0.25) is 9.59 Å². The first-order valence-electron chi connectivity index (χ1n) is 10.4. The first-order chi connectivity index (χ1) is 13.9. The average Bonchev–Trinajstić information content (AvgIpc) is 3.03. The van der Waals surface area contributed by atoms with E-state index in [4.69, 9.17) is 9.47 Å². The van der Waals surface area contributed by atoms with Crippen LogP contribution < -0.4 is 0 Å². The molecule has 3 heterocycles. The molecular formula is C21H31N3O5. The molecule has 2 saturated heterocycles. The Morgan fingerprint density at radius 3 is 2.34 bits per heavy atom. The van der Waals surface area contributed by atoms with Crippen LogP contribution in [0.15, 0.2) is 0 Å². The third-order valence-corrected chi connectivity index (χ3v) is 5.86. The number of aryl methyl sites for hydroxylation is 1. The van der Waals surface area contributed by atoms with Crippen molar-refractivity contribution in [3.8, 4) is 0 Å². The Bertz CT molecular complexity index is 759. The summed E-state index contributed by atoms with van der Waals surface area (Å²) in [7, 11) is 0. The molecule has 0 aliphatic carbocycles. The van der Waals surface area contributed by atoms with E-state index >= 15 is 0 Å². The second-order valence-electron chi connectivity index (χ2n) is 7.78. The zero-order valence-electron chi connectivity index (χ0n) is 17.6. The lowest BCUT2D eigenvalue weighted by Crippen LogP contribution is -2.43. The van der Waals surface area contributed by atoms with E-state index < -0.39 is 5.97 Å². The van der Waals surface area contributed by atoms with E-state index in [2.05, 4.69) is 4.98 Å². The van der Waals surface area contributed by atoms with Crippen molar-refractivity contribution in [3.63, 3.8) is 0 Å². The van der Waals surface area contributed by atoms with Gasteiger partial charge in [-0.15, -0.1) is 0 Å². The van der Waals surface area contributed by atoms with Crippen molar-refractivity contribution in [3.05, 3.63) is 22.5 Å². The number of nitrogens with one attached hydrogen (secondary N) is 1. The first-order valence-corrected chi connectivity index (χ1v) is 10.4. The summed E-state index contributed by atoms with van der Waals surface area (Å²) >= 11 is 0. The number of nitrogens with zero attached hydrogens (tertiary/aromatic N) is 2. The molecule has 8 nitrogen and oxygen atoms in total. The summed E-state index contributed by atoms with van der Waals surface area (Å²) in [6.45, 7) is 9.41. The largest absolute Gasteiger partial charge is 0.462 e. The highest BCUT2D eigenvalue weighted by atomic mass is 16.5. The summed E-state index contributed by atoms with van der Waals surface area (Å²) < 4.78 is 10.4. The molecule has 0 aromatic carbocycles. The number of hydrogen-bond acceptors (Lipinski definition) is 5. The lowest BCUT2D eigenvalue weighted by molar-refractivity contribution is -0.136. The minimum atomic E-state index is -0.405. The molecular weight excluding hydrogens is 374 g/mol. The lowest BCUT2D eigenvalue weighted by Gasteiger charge is -2.33. The van der Waals surface area contributed by atoms with Crippen molar-refractivity contribution in [1.29, 1.82) is 0 Å². The smallest absolute Gasteiger partial charge is 0.340 e. The molecule has 0 bridgehead atoms. The Morgan fingerprint density at radius 2 is 1.72 bits per heavy atom. The van der Waals surface area contributed by atoms with E-state index in [9.17, 15) is 14.4 Å². The Morgan fingerprint density at radius 1 is 1.07 bits per heavy atom. The van der Waals surface area contributed by atoms with Gasteiger partial charge in [0.2, 0.25) is 5.91 Å². The van der Waals surface area contributed by atoms with Gasteiger partial charge in [0.1, 0.15) is 5.69 Å². The quantitative estimate of drug-likeness (QED) is 0.756. The van der Waals surface area contributed by atoms with Crippen LogP contribution in [-0.4, -0.2) is 78.6 Å². The SMILES string of the molecule is CCOC(=O)c1c(C)[nH]c(C(=O)N2CCC(CC(=O)N3CCOCC3)CC2)c1C. The number of esters is 1. The van der Waals surface area contributed by atoms with E-state index in [-0.39, 0.29) is 11.8 Å². The number of aromatic amines is 1. The highest BCUT2D eigenvalue weighted by Crippen LogP contribution is 2.25. The van der Waals surface area contributed by atoms with Gasteiger partial charge in [0.15, 0.2) is 0 Å². The minimum Gasteiger partial charge on any atom is -0.462 e. The number of rotatable bonds is 5. The standard InChI is InChI=1S/C21H31N3O5/c1-4-29-21(27)18-14(2)19(22-15(18)3)20(26)24-7-5-16(6-8-24)13-17(25)23-9-11-28-12-10-23/h16,22H,4-13H2,1-3H3. The monoisotopic (exact) mass is 405 g/mol. The fourth-order valence-electron chi connectivity index (χ4n) is 4.16. The van der Waals surface area contributed by atoms with Gasteiger partial charge in [0.05, 0.1) is 25.4 Å². The first kappa shape index (κ1) is 21.4. The van der Waals surface area contributed by atoms with Gasteiger partial charge in [0, 0.05) is 38.3 Å². The van der Waals surface area contributed by atoms with Gasteiger partial charge in [-0.1, -0.05) is 0 Å². The molecule has 0 radical (unpaired) electrons. The van der Waals surface area contributed by atoms with Crippen molar-refractivity contribution in [2.75, 3.05) is 46.0 Å². The van der Waals surface area contributed by atoms with Crippen molar-refractivity contribution in [1.82, 2.24) is 14.8 Å². The average molecular weight is 405 g/mol. The predicted octanol–water partition coefficient (Wildman–Crippen LogP) is 1.91. The molecule has 29 heavy (non-hydrogen) atoms. The number of likely N-dealkylation sites (tertiary alicyclic amines) is 1. The fourth-order valence-corrected chi connectivity index (χ4v) is 4.16. The molecule has 2 fully saturated rings. The normalized spacial score (nSPS) is 18.0. The van der Waals surface area contributed by atoms with Gasteiger partial charge >= 0.3 is 5.97 Å². The number of morpholine rings is 1. The van der Waals surface area contributed by atoms with Crippen LogP contribution in [0.4, 0.5) is 0 Å². The topological polar surface area (TPSA) is 91.9 Å². The molecule has 2 amide bonds. The summed E-state index contributed by atoms with van der Waals surface area (Å²) in [6.07, 6.45) is 2.16. The van der Waals surface area contributed by atoms with Gasteiger partial charge in [0.25, 0.3) is 5.91 Å². The summed E-state index contributed by atoms with van der Waals surface area (Å²) in [4.78, 5) is 44.4. The maximum absolute atomic E-state index is 13.0. The van der Waals surface area contributed by atoms with Crippen LogP contribution in [0.25, 0.3) is 0 Å². The van der Waals surface area contributed by atoms with Crippen LogP contribution in [-0.2, 0) is 14.3 Å². The molecule has 1 aromatic rings. The number of aromatic nitrogens is 1. The second kappa shape index (κ2) is 9.43. The molecule has 0 unspecified atom stereocenters. The van der Waals surface area contributed by atoms with E-state index in [1.807, 2.05) is 9.80 Å². The minimum absolute atomic E-state index is 0.0981. The number of ether oxygens (including phenoxy) is 2. The maximum Gasteiger partial charge on any atom is 0.340 e. The predicted molar refractivity (Wildman–Crippen MR) is 107 cm³/mol. The molecule has 2 aliphatic heterocycles. The van der Waals surface area contributed by atoms with E-state index in [0.717, 1.165) is 12.8 Å². The number of H-pyrrole nitrogens is 1. The number of carbonyl (C=O) groups is 3. The molecule has 2 aliphatic rings. The Hall–Kier alpha value is -2.35. The van der Waals surface area contributed by atoms with Crippen molar-refractivity contribution >= 4 is 17.8 Å². The Kier molecular flexibility index (Phi) is 6.95. The van der Waals surface area contributed by atoms with Crippen LogP contribution in [0, 0.1) is 19.8 Å². The van der Waals surface area contributed by atoms with Gasteiger partial charge in [-0.2, -0.15) is 0 Å². The summed E-state index contributed by atoms with van der Waals surface area (Å²) in [6, 6.07) is 0. The molecule has 160 valence electrons. The Balaban J connectivity index is 1.57. The van der Waals surface area contributed by atoms with Crippen LogP contribution in [0.3, 0.4) is 0 Å². The molecule has 0 spiro atoms. The molecule has 1 N–H and O–H groups in total. The maximum atomic E-state index is 13.0. The zero-order chi connectivity index (χ0) is 21.0. The Labute approximate surface area is 171 Å². The summed E-state index contributed by atoms with van der Waals surface area (Å²) in [5.74, 6) is -0.0128. The van der Waals surface area contributed by atoms with Crippen LogP contribution in [0.2, 0.25) is 0 Å². The lowest BCUT2D eigenvalue weighted by atomic mass is 9.92. The highest BCUT2D eigenvalue weighted by molar-refractivity contribution is 6.00. The van der Waals surface area contributed by atoms with E-state index in [1.54, 1.807) is 20.8 Å². The third-order valence-electron chi connectivity index (χ3n) is 5.86. The van der Waals surface area contributed by atoms with Crippen molar-refractivity contribution in [2.24, 2.45) is 5.92 Å². The summed E-state index contributed by atoms with van der Waals surface area (Å²) in [5, 5.41) is 0. The molecule has 8 heteroatoms. The fraction of sp³-hybridized carbons (Fsp3) is 0.667. The van der Waals surface area contributed by atoms with Crippen LogP contribution in [0.1, 0.15) is 58.3 Å². The van der Waals surface area contributed by atoms with Crippen molar-refractivity contribution in [2.45, 2.75) is 40.0 Å². The van der Waals surface area contributed by atoms with Gasteiger partial charge < -0.3 is 24.3 Å². The zero-order valence-corrected chi connectivity index (χ0v) is 17.6. The van der Waals surface area contributed by atoms with E-state index in [1.165, 1.54) is 0 Å². The highest BCUT2D eigenvalue weighted by Gasteiger charge is 2.30.